The van der Waals surface area contributed by atoms with Crippen molar-refractivity contribution in [1.29, 1.82) is 0 Å². The van der Waals surface area contributed by atoms with Crippen LogP contribution in [0.3, 0.4) is 0 Å². The molecule has 6 nitrogen and oxygen atoms in total. The molecule has 1 aromatic rings. The van der Waals surface area contributed by atoms with Crippen LogP contribution in [0.5, 0.6) is 0 Å². The second kappa shape index (κ2) is 3.82. The molecule has 1 rings (SSSR count). The number of hydrogen-bond donors (Lipinski definition) is 2. The first-order chi connectivity index (χ1) is 6.02. The highest BCUT2D eigenvalue weighted by molar-refractivity contribution is 9.10. The van der Waals surface area contributed by atoms with Gasteiger partial charge >= 0.3 is 12.9 Å². The molecule has 0 amide bonds. The number of rotatable bonds is 2. The van der Waals surface area contributed by atoms with Gasteiger partial charge in [0.15, 0.2) is 0 Å². The Morgan fingerprint density at radius 2 is 2.23 bits per heavy atom. The highest BCUT2D eigenvalue weighted by Crippen LogP contribution is 2.13. The van der Waals surface area contributed by atoms with Gasteiger partial charge in [0.2, 0.25) is 0 Å². The molecule has 68 valence electrons. The molecule has 0 aliphatic rings. The molecule has 0 radical (unpaired) electrons. The summed E-state index contributed by atoms with van der Waals surface area (Å²) in [7, 11) is -1.69. The van der Waals surface area contributed by atoms with Crippen molar-refractivity contribution in [2.24, 2.45) is 0 Å². The van der Waals surface area contributed by atoms with E-state index in [1.165, 1.54) is 0 Å². The van der Waals surface area contributed by atoms with Crippen LogP contribution in [0.4, 0.5) is 5.82 Å². The minimum atomic E-state index is -1.69. The van der Waals surface area contributed by atoms with Crippen LogP contribution in [0.25, 0.3) is 0 Å². The Hall–Kier alpha value is -0.985. The highest BCUT2D eigenvalue weighted by Gasteiger charge is 2.20. The molecule has 13 heavy (non-hydrogen) atoms. The number of halogens is 1. The van der Waals surface area contributed by atoms with Gasteiger partial charge in [0, 0.05) is 16.0 Å². The molecule has 0 bridgehead atoms. The van der Waals surface area contributed by atoms with Crippen LogP contribution in [0.1, 0.15) is 0 Å². The van der Waals surface area contributed by atoms with Gasteiger partial charge < -0.3 is 20.2 Å². The molecule has 8 heteroatoms. The maximum atomic E-state index is 10.2. The van der Waals surface area contributed by atoms with Crippen molar-refractivity contribution < 1.29 is 15.0 Å². The van der Waals surface area contributed by atoms with Gasteiger partial charge in [-0.05, 0) is 9.91 Å². The normalized spacial score (nSPS) is 9.77. The predicted octanol–water partition coefficient (Wildman–Crippen LogP) is -0.568. The van der Waals surface area contributed by atoms with Gasteiger partial charge in [0.25, 0.3) is 0 Å². The Kier molecular flexibility index (Phi) is 2.96. The molecule has 0 spiro atoms. The number of pyridine rings is 1. The van der Waals surface area contributed by atoms with Crippen molar-refractivity contribution in [3.63, 3.8) is 0 Å². The summed E-state index contributed by atoms with van der Waals surface area (Å²) in [6, 6.07) is 1.11. The molecule has 1 aromatic heterocycles. The SMILES string of the molecule is O=[N+]([O-])c1cc(Br)c(B(O)O)cn1. The molecule has 0 atom stereocenters. The first-order valence-corrected chi connectivity index (χ1v) is 3.97. The van der Waals surface area contributed by atoms with Crippen LogP contribution < -0.4 is 5.46 Å². The first kappa shape index (κ1) is 10.1. The molecule has 0 saturated heterocycles. The van der Waals surface area contributed by atoms with E-state index in [-0.39, 0.29) is 15.8 Å². The quantitative estimate of drug-likeness (QED) is 0.414. The van der Waals surface area contributed by atoms with Gasteiger partial charge in [0.1, 0.15) is 6.20 Å². The van der Waals surface area contributed by atoms with E-state index in [9.17, 15) is 10.1 Å². The van der Waals surface area contributed by atoms with E-state index >= 15 is 0 Å². The van der Waals surface area contributed by atoms with Gasteiger partial charge in [-0.15, -0.1) is 0 Å². The average molecular weight is 247 g/mol. The topological polar surface area (TPSA) is 96.5 Å². The zero-order valence-electron chi connectivity index (χ0n) is 6.22. The van der Waals surface area contributed by atoms with E-state index in [2.05, 4.69) is 20.9 Å². The molecule has 0 fully saturated rings. The van der Waals surface area contributed by atoms with E-state index in [1.54, 1.807) is 0 Å². The van der Waals surface area contributed by atoms with E-state index in [4.69, 9.17) is 10.0 Å². The monoisotopic (exact) mass is 246 g/mol. The highest BCUT2D eigenvalue weighted by atomic mass is 79.9. The molecule has 1 heterocycles. The second-order valence-corrected chi connectivity index (χ2v) is 3.05. The summed E-state index contributed by atoms with van der Waals surface area (Å²) in [4.78, 5) is 13.0. The molecular weight excluding hydrogens is 243 g/mol. The molecule has 0 aliphatic carbocycles. The standard InChI is InChI=1S/C5H4BBrN2O4/c7-4-1-5(9(12)13)8-2-3(4)6(10)11/h1-2,10-11H. The van der Waals surface area contributed by atoms with Crippen LogP contribution in [-0.4, -0.2) is 27.1 Å². The maximum absolute atomic E-state index is 10.2. The smallest absolute Gasteiger partial charge is 0.423 e. The van der Waals surface area contributed by atoms with Crippen molar-refractivity contribution in [2.45, 2.75) is 0 Å². The number of nitro groups is 1. The van der Waals surface area contributed by atoms with Gasteiger partial charge in [0.05, 0.1) is 0 Å². The number of aromatic nitrogens is 1. The second-order valence-electron chi connectivity index (χ2n) is 2.19. The fourth-order valence-corrected chi connectivity index (χ4v) is 1.23. The number of hydrogen-bond acceptors (Lipinski definition) is 5. The van der Waals surface area contributed by atoms with Crippen LogP contribution >= 0.6 is 15.9 Å². The fraction of sp³-hybridized carbons (Fsp3) is 0. The molecule has 0 unspecified atom stereocenters. The van der Waals surface area contributed by atoms with Crippen LogP contribution in [-0.2, 0) is 0 Å². The first-order valence-electron chi connectivity index (χ1n) is 3.18. The largest absolute Gasteiger partial charge is 0.493 e. The summed E-state index contributed by atoms with van der Waals surface area (Å²) in [5.74, 6) is -0.351. The van der Waals surface area contributed by atoms with Crippen molar-refractivity contribution in [3.8, 4) is 0 Å². The third-order valence-corrected chi connectivity index (χ3v) is 2.02. The predicted molar refractivity (Wildman–Crippen MR) is 48.4 cm³/mol. The third kappa shape index (κ3) is 2.23. The van der Waals surface area contributed by atoms with Gasteiger partial charge in [-0.25, -0.2) is 0 Å². The number of nitrogens with zero attached hydrogens (tertiary/aromatic N) is 2. The van der Waals surface area contributed by atoms with Crippen molar-refractivity contribution in [2.75, 3.05) is 0 Å². The molecule has 0 aliphatic heterocycles. The Morgan fingerprint density at radius 3 is 2.62 bits per heavy atom. The van der Waals surface area contributed by atoms with Gasteiger partial charge in [-0.1, -0.05) is 15.9 Å². The van der Waals surface area contributed by atoms with Gasteiger partial charge in [-0.3, -0.25) is 0 Å². The lowest BCUT2D eigenvalue weighted by Gasteiger charge is -1.99. The van der Waals surface area contributed by atoms with Crippen LogP contribution in [0, 0.1) is 10.1 Å². The zero-order valence-corrected chi connectivity index (χ0v) is 7.80. The Balaban J connectivity index is 3.13. The summed E-state index contributed by atoms with van der Waals surface area (Å²) in [5, 5.41) is 27.7. The lowest BCUT2D eigenvalue weighted by atomic mass is 9.82. The maximum Gasteiger partial charge on any atom is 0.493 e. The van der Waals surface area contributed by atoms with E-state index < -0.39 is 12.0 Å². The Morgan fingerprint density at radius 1 is 1.62 bits per heavy atom. The molecule has 2 N–H and O–H groups in total. The van der Waals surface area contributed by atoms with Gasteiger partial charge in [-0.2, -0.15) is 0 Å². The minimum absolute atomic E-state index is 0.0885. The van der Waals surface area contributed by atoms with Crippen molar-refractivity contribution in [1.82, 2.24) is 4.98 Å². The van der Waals surface area contributed by atoms with Crippen LogP contribution in [0.15, 0.2) is 16.7 Å². The summed E-state index contributed by atoms with van der Waals surface area (Å²) in [6.45, 7) is 0. The van der Waals surface area contributed by atoms with E-state index in [0.29, 0.717) is 0 Å². The summed E-state index contributed by atoms with van der Waals surface area (Å²) in [6.07, 6.45) is 1.03. The summed E-state index contributed by atoms with van der Waals surface area (Å²) in [5.41, 5.74) is 0.0885. The Labute approximate surface area is 81.7 Å². The van der Waals surface area contributed by atoms with E-state index in [1.807, 2.05) is 0 Å². The Bertz CT molecular complexity index is 345. The lowest BCUT2D eigenvalue weighted by molar-refractivity contribution is -0.389. The summed E-state index contributed by atoms with van der Waals surface area (Å²) >= 11 is 2.95. The van der Waals surface area contributed by atoms with Crippen LogP contribution in [0.2, 0.25) is 0 Å². The fourth-order valence-electron chi connectivity index (χ4n) is 0.721. The summed E-state index contributed by atoms with van der Waals surface area (Å²) < 4.78 is 0.240. The molecular formula is C5H4BBrN2O4. The lowest BCUT2D eigenvalue weighted by Crippen LogP contribution is -2.31. The molecule has 0 aromatic carbocycles. The zero-order chi connectivity index (χ0) is 10.0. The average Bonchev–Trinajstić information content (AvgIpc) is 2.03. The van der Waals surface area contributed by atoms with E-state index in [0.717, 1.165) is 12.3 Å². The third-order valence-electron chi connectivity index (χ3n) is 1.33. The minimum Gasteiger partial charge on any atom is -0.423 e. The van der Waals surface area contributed by atoms with Crippen molar-refractivity contribution >= 4 is 34.3 Å². The van der Waals surface area contributed by atoms with Crippen molar-refractivity contribution in [3.05, 3.63) is 26.9 Å². The molecule has 0 saturated carbocycles.